The van der Waals surface area contributed by atoms with E-state index in [-0.39, 0.29) is 0 Å². The zero-order valence-corrected chi connectivity index (χ0v) is 11.5. The van der Waals surface area contributed by atoms with Gasteiger partial charge in [-0.1, -0.05) is 12.1 Å². The van der Waals surface area contributed by atoms with Crippen LogP contribution in [0.5, 0.6) is 0 Å². The molecule has 0 aromatic carbocycles. The molecule has 100 valence electrons. The summed E-state index contributed by atoms with van der Waals surface area (Å²) in [6.07, 6.45) is 1.21. The van der Waals surface area contributed by atoms with Gasteiger partial charge in [-0.05, 0) is 32.0 Å². The van der Waals surface area contributed by atoms with E-state index in [1.807, 2.05) is 49.2 Å². The third-order valence-electron chi connectivity index (χ3n) is 2.97. The van der Waals surface area contributed by atoms with Crippen molar-refractivity contribution < 1.29 is 5.11 Å². The molecule has 1 atom stereocenters. The minimum atomic E-state index is -0.531. The minimum Gasteiger partial charge on any atom is -0.389 e. The molecule has 0 bridgehead atoms. The maximum Gasteiger partial charge on any atom is 0.134 e. The number of nitrogens with zero attached hydrogens (tertiary/aromatic N) is 3. The molecule has 0 aliphatic carbocycles. The topological polar surface area (TPSA) is 49.2 Å². The number of hydrogen-bond donors (Lipinski definition) is 1. The summed E-state index contributed by atoms with van der Waals surface area (Å²) < 4.78 is 0. The highest BCUT2D eigenvalue weighted by molar-refractivity contribution is 5.47. The normalized spacial score (nSPS) is 12.2. The van der Waals surface area contributed by atoms with Gasteiger partial charge in [-0.15, -0.1) is 0 Å². The van der Waals surface area contributed by atoms with Crippen molar-refractivity contribution in [3.05, 3.63) is 53.5 Å². The molecule has 2 rings (SSSR count). The van der Waals surface area contributed by atoms with Crippen LogP contribution >= 0.6 is 0 Å². The number of anilines is 1. The Morgan fingerprint density at radius 2 is 2.05 bits per heavy atom. The van der Waals surface area contributed by atoms with Gasteiger partial charge in [0.05, 0.1) is 18.3 Å². The fraction of sp³-hybridized carbons (Fsp3) is 0.333. The number of pyridine rings is 2. The van der Waals surface area contributed by atoms with E-state index in [2.05, 4.69) is 9.97 Å². The second kappa shape index (κ2) is 5.80. The smallest absolute Gasteiger partial charge is 0.134 e. The minimum absolute atomic E-state index is 0.531. The number of rotatable bonds is 4. The van der Waals surface area contributed by atoms with Gasteiger partial charge in [0.25, 0.3) is 0 Å². The fourth-order valence-electron chi connectivity index (χ4n) is 2.06. The summed E-state index contributed by atoms with van der Waals surface area (Å²) in [6.45, 7) is 4.39. The first-order valence-electron chi connectivity index (χ1n) is 6.34. The van der Waals surface area contributed by atoms with Crippen molar-refractivity contribution in [3.8, 4) is 0 Å². The maximum absolute atomic E-state index is 9.78. The summed E-state index contributed by atoms with van der Waals surface area (Å²) in [5.74, 6) is 0.792. The van der Waals surface area contributed by atoms with Crippen molar-refractivity contribution in [1.29, 1.82) is 0 Å². The molecule has 4 nitrogen and oxygen atoms in total. The highest BCUT2D eigenvalue weighted by Gasteiger charge is 2.13. The van der Waals surface area contributed by atoms with Crippen molar-refractivity contribution in [1.82, 2.24) is 9.97 Å². The van der Waals surface area contributed by atoms with Crippen LogP contribution in [0.3, 0.4) is 0 Å². The predicted molar refractivity (Wildman–Crippen MR) is 76.0 cm³/mol. The number of aromatic nitrogens is 2. The molecule has 0 fully saturated rings. The van der Waals surface area contributed by atoms with E-state index in [4.69, 9.17) is 0 Å². The van der Waals surface area contributed by atoms with Gasteiger partial charge < -0.3 is 10.0 Å². The van der Waals surface area contributed by atoms with Gasteiger partial charge in [-0.3, -0.25) is 4.98 Å². The first kappa shape index (κ1) is 13.5. The van der Waals surface area contributed by atoms with Crippen LogP contribution in [0.15, 0.2) is 36.5 Å². The van der Waals surface area contributed by atoms with Gasteiger partial charge in [0.1, 0.15) is 5.82 Å². The monoisotopic (exact) mass is 257 g/mol. The molecular formula is C15H19N3O. The molecule has 2 aromatic heterocycles. The number of aliphatic hydroxyl groups is 1. The standard InChI is InChI=1S/C15H19N3O/c1-11-6-4-7-13(17-11)10-18(3)15-14(12(2)19)8-5-9-16-15/h4-9,12,19H,10H2,1-3H3/t12-/m1/s1. The number of aryl methyl sites for hydroxylation is 1. The van der Waals surface area contributed by atoms with Crippen LogP contribution in [-0.2, 0) is 6.54 Å². The zero-order valence-electron chi connectivity index (χ0n) is 11.5. The zero-order chi connectivity index (χ0) is 13.8. The van der Waals surface area contributed by atoms with E-state index in [0.717, 1.165) is 22.8 Å². The summed E-state index contributed by atoms with van der Waals surface area (Å²) in [5, 5.41) is 9.78. The fourth-order valence-corrected chi connectivity index (χ4v) is 2.06. The molecular weight excluding hydrogens is 238 g/mol. The lowest BCUT2D eigenvalue weighted by Crippen LogP contribution is -2.20. The van der Waals surface area contributed by atoms with E-state index in [1.165, 1.54) is 0 Å². The Labute approximate surface area is 113 Å². The third-order valence-corrected chi connectivity index (χ3v) is 2.97. The SMILES string of the molecule is Cc1cccc(CN(C)c2ncccc2[C@@H](C)O)n1. The summed E-state index contributed by atoms with van der Waals surface area (Å²) >= 11 is 0. The van der Waals surface area contributed by atoms with Gasteiger partial charge in [-0.25, -0.2) is 4.98 Å². The Kier molecular flexibility index (Phi) is 4.12. The molecule has 0 saturated heterocycles. The van der Waals surface area contributed by atoms with Crippen LogP contribution in [0.2, 0.25) is 0 Å². The van der Waals surface area contributed by atoms with Crippen LogP contribution in [0, 0.1) is 6.92 Å². The first-order chi connectivity index (χ1) is 9.08. The number of hydrogen-bond acceptors (Lipinski definition) is 4. The summed E-state index contributed by atoms with van der Waals surface area (Å²) in [4.78, 5) is 10.8. The lowest BCUT2D eigenvalue weighted by molar-refractivity contribution is 0.199. The Morgan fingerprint density at radius 3 is 2.74 bits per heavy atom. The highest BCUT2D eigenvalue weighted by atomic mass is 16.3. The predicted octanol–water partition coefficient (Wildman–Crippen LogP) is 2.47. The molecule has 0 saturated carbocycles. The van der Waals surface area contributed by atoms with E-state index in [0.29, 0.717) is 6.54 Å². The van der Waals surface area contributed by atoms with Crippen molar-refractivity contribution in [2.45, 2.75) is 26.5 Å². The van der Waals surface area contributed by atoms with E-state index in [9.17, 15) is 5.11 Å². The Hall–Kier alpha value is -1.94. The Morgan fingerprint density at radius 1 is 1.26 bits per heavy atom. The largest absolute Gasteiger partial charge is 0.389 e. The van der Waals surface area contributed by atoms with Crippen LogP contribution in [0.25, 0.3) is 0 Å². The Bertz CT molecular complexity index is 555. The number of aliphatic hydroxyl groups excluding tert-OH is 1. The molecule has 4 heteroatoms. The Balaban J connectivity index is 2.23. The molecule has 2 aromatic rings. The second-order valence-electron chi connectivity index (χ2n) is 4.72. The molecule has 19 heavy (non-hydrogen) atoms. The molecule has 0 spiro atoms. The average molecular weight is 257 g/mol. The van der Waals surface area contributed by atoms with E-state index >= 15 is 0 Å². The third kappa shape index (κ3) is 3.29. The summed E-state index contributed by atoms with van der Waals surface area (Å²) in [7, 11) is 1.96. The van der Waals surface area contributed by atoms with Crippen LogP contribution < -0.4 is 4.90 Å². The van der Waals surface area contributed by atoms with Crippen molar-refractivity contribution >= 4 is 5.82 Å². The molecule has 0 amide bonds. The highest BCUT2D eigenvalue weighted by Crippen LogP contribution is 2.23. The summed E-state index contributed by atoms with van der Waals surface area (Å²) in [5.41, 5.74) is 2.82. The van der Waals surface area contributed by atoms with Crippen molar-refractivity contribution in [2.24, 2.45) is 0 Å². The molecule has 0 unspecified atom stereocenters. The summed E-state index contributed by atoms with van der Waals surface area (Å²) in [6, 6.07) is 9.71. The van der Waals surface area contributed by atoms with Gasteiger partial charge in [-0.2, -0.15) is 0 Å². The second-order valence-corrected chi connectivity index (χ2v) is 4.72. The van der Waals surface area contributed by atoms with Crippen molar-refractivity contribution in [2.75, 3.05) is 11.9 Å². The lowest BCUT2D eigenvalue weighted by atomic mass is 10.1. The van der Waals surface area contributed by atoms with Crippen LogP contribution in [-0.4, -0.2) is 22.1 Å². The quantitative estimate of drug-likeness (QED) is 0.914. The molecule has 2 heterocycles. The van der Waals surface area contributed by atoms with Crippen LogP contribution in [0.1, 0.15) is 30.0 Å². The van der Waals surface area contributed by atoms with Gasteiger partial charge in [0.15, 0.2) is 0 Å². The maximum atomic E-state index is 9.78. The lowest BCUT2D eigenvalue weighted by Gasteiger charge is -2.21. The van der Waals surface area contributed by atoms with Crippen LogP contribution in [0.4, 0.5) is 5.82 Å². The van der Waals surface area contributed by atoms with Gasteiger partial charge >= 0.3 is 0 Å². The van der Waals surface area contributed by atoms with Gasteiger partial charge in [0.2, 0.25) is 0 Å². The average Bonchev–Trinajstić information content (AvgIpc) is 2.38. The van der Waals surface area contributed by atoms with Crippen molar-refractivity contribution in [3.63, 3.8) is 0 Å². The van der Waals surface area contributed by atoms with Gasteiger partial charge in [0, 0.05) is 24.5 Å². The molecule has 0 radical (unpaired) electrons. The first-order valence-corrected chi connectivity index (χ1v) is 6.34. The van der Waals surface area contributed by atoms with E-state index < -0.39 is 6.10 Å². The van der Waals surface area contributed by atoms with E-state index in [1.54, 1.807) is 13.1 Å². The molecule has 1 N–H and O–H groups in total. The molecule has 0 aliphatic rings. The molecule has 0 aliphatic heterocycles.